The molecule has 0 aromatic carbocycles. The Morgan fingerprint density at radius 1 is 1.27 bits per heavy atom. The first kappa shape index (κ1) is 16.7. The molecule has 0 aliphatic heterocycles. The Bertz CT molecular complexity index is 629. The second-order valence-corrected chi connectivity index (χ2v) is 9.14. The molecule has 0 atom stereocenters. The van der Waals surface area contributed by atoms with Crippen LogP contribution in [0.1, 0.15) is 33.6 Å². The standard InChI is InChI=1S/C15H23N3O3S/c1-15(2,3)22(20,21)13-7-6-12(10-18-13)16-8-9-17-14(19)11-4-5-11/h6-7,10-11,16H,4-5,8-9H2,1-3H3,(H,17,19). The quantitative estimate of drug-likeness (QED) is 0.776. The first-order valence-corrected chi connectivity index (χ1v) is 8.92. The molecular weight excluding hydrogens is 302 g/mol. The Kier molecular flexibility index (Phi) is 4.75. The normalized spacial score (nSPS) is 15.4. The van der Waals surface area contributed by atoms with Crippen LogP contribution in [0.15, 0.2) is 23.4 Å². The van der Waals surface area contributed by atoms with Crippen LogP contribution in [0.2, 0.25) is 0 Å². The molecule has 6 nitrogen and oxygen atoms in total. The Morgan fingerprint density at radius 3 is 2.45 bits per heavy atom. The van der Waals surface area contributed by atoms with Crippen LogP contribution in [0, 0.1) is 5.92 Å². The number of nitrogens with one attached hydrogen (secondary N) is 2. The van der Waals surface area contributed by atoms with Crippen molar-refractivity contribution >= 4 is 21.4 Å². The van der Waals surface area contributed by atoms with Crippen molar-refractivity contribution in [2.75, 3.05) is 18.4 Å². The number of pyridine rings is 1. The van der Waals surface area contributed by atoms with Gasteiger partial charge in [-0.3, -0.25) is 4.79 Å². The van der Waals surface area contributed by atoms with E-state index < -0.39 is 14.6 Å². The summed E-state index contributed by atoms with van der Waals surface area (Å²) < 4.78 is 23.6. The lowest BCUT2D eigenvalue weighted by Gasteiger charge is -2.18. The summed E-state index contributed by atoms with van der Waals surface area (Å²) in [7, 11) is -3.43. The average molecular weight is 325 g/mol. The molecule has 1 heterocycles. The van der Waals surface area contributed by atoms with E-state index in [0.29, 0.717) is 13.1 Å². The number of anilines is 1. The van der Waals surface area contributed by atoms with Crippen LogP contribution in [0.4, 0.5) is 5.69 Å². The predicted octanol–water partition coefficient (Wildman–Crippen LogP) is 1.59. The van der Waals surface area contributed by atoms with Crippen molar-refractivity contribution in [1.82, 2.24) is 10.3 Å². The molecule has 122 valence electrons. The molecular formula is C15H23N3O3S. The lowest BCUT2D eigenvalue weighted by atomic mass is 10.3. The van der Waals surface area contributed by atoms with Gasteiger partial charge in [0.1, 0.15) is 0 Å². The molecule has 0 radical (unpaired) electrons. The third-order valence-electron chi connectivity index (χ3n) is 3.52. The molecule has 22 heavy (non-hydrogen) atoms. The summed E-state index contributed by atoms with van der Waals surface area (Å²) in [6, 6.07) is 3.19. The van der Waals surface area contributed by atoms with Crippen molar-refractivity contribution in [1.29, 1.82) is 0 Å². The Morgan fingerprint density at radius 2 is 1.95 bits per heavy atom. The Hall–Kier alpha value is -1.63. The monoisotopic (exact) mass is 325 g/mol. The van der Waals surface area contributed by atoms with Gasteiger partial charge in [-0.05, 0) is 45.7 Å². The van der Waals surface area contributed by atoms with Gasteiger partial charge in [0.15, 0.2) is 14.9 Å². The minimum absolute atomic E-state index is 0.0765. The molecule has 0 bridgehead atoms. The van der Waals surface area contributed by atoms with Crippen LogP contribution in [0.3, 0.4) is 0 Å². The summed E-state index contributed by atoms with van der Waals surface area (Å²) in [6.07, 6.45) is 3.49. The van der Waals surface area contributed by atoms with E-state index in [-0.39, 0.29) is 16.9 Å². The van der Waals surface area contributed by atoms with E-state index in [1.54, 1.807) is 26.8 Å². The topological polar surface area (TPSA) is 88.2 Å². The molecule has 1 aromatic rings. The van der Waals surface area contributed by atoms with Crippen LogP contribution in [-0.4, -0.2) is 37.1 Å². The highest BCUT2D eigenvalue weighted by Gasteiger charge is 2.32. The average Bonchev–Trinajstić information content (AvgIpc) is 3.27. The molecule has 1 saturated carbocycles. The van der Waals surface area contributed by atoms with E-state index in [0.717, 1.165) is 18.5 Å². The van der Waals surface area contributed by atoms with Gasteiger partial charge in [0.25, 0.3) is 0 Å². The van der Waals surface area contributed by atoms with Crippen LogP contribution in [0.5, 0.6) is 0 Å². The molecule has 1 amide bonds. The molecule has 1 fully saturated rings. The van der Waals surface area contributed by atoms with Crippen molar-refractivity contribution in [3.8, 4) is 0 Å². The molecule has 1 aromatic heterocycles. The number of carbonyl (C=O) groups excluding carboxylic acids is 1. The first-order chi connectivity index (χ1) is 10.2. The molecule has 0 spiro atoms. The van der Waals surface area contributed by atoms with E-state index in [9.17, 15) is 13.2 Å². The van der Waals surface area contributed by atoms with E-state index in [1.165, 1.54) is 12.3 Å². The van der Waals surface area contributed by atoms with Crippen LogP contribution >= 0.6 is 0 Å². The van der Waals surface area contributed by atoms with E-state index in [4.69, 9.17) is 0 Å². The molecule has 7 heteroatoms. The van der Waals surface area contributed by atoms with E-state index in [1.807, 2.05) is 0 Å². The highest BCUT2D eigenvalue weighted by molar-refractivity contribution is 7.92. The highest BCUT2D eigenvalue weighted by Crippen LogP contribution is 2.28. The van der Waals surface area contributed by atoms with Gasteiger partial charge in [-0.2, -0.15) is 0 Å². The largest absolute Gasteiger partial charge is 0.382 e. The number of amides is 1. The maximum Gasteiger partial charge on any atom is 0.223 e. The fourth-order valence-corrected chi connectivity index (χ4v) is 2.91. The zero-order valence-corrected chi connectivity index (χ0v) is 14.0. The number of sulfone groups is 1. The maximum atomic E-state index is 12.2. The summed E-state index contributed by atoms with van der Waals surface area (Å²) in [5.74, 6) is 0.329. The minimum atomic E-state index is -3.43. The lowest BCUT2D eigenvalue weighted by molar-refractivity contribution is -0.122. The number of carbonyl (C=O) groups is 1. The number of aromatic nitrogens is 1. The molecule has 1 aliphatic carbocycles. The Labute approximate surface area is 131 Å². The second-order valence-electron chi connectivity index (χ2n) is 6.49. The molecule has 2 N–H and O–H groups in total. The van der Waals surface area contributed by atoms with Gasteiger partial charge in [0.05, 0.1) is 16.6 Å². The number of hydrogen-bond donors (Lipinski definition) is 2. The van der Waals surface area contributed by atoms with Crippen LogP contribution in [0.25, 0.3) is 0 Å². The number of hydrogen-bond acceptors (Lipinski definition) is 5. The molecule has 2 rings (SSSR count). The number of nitrogens with zero attached hydrogens (tertiary/aromatic N) is 1. The smallest absolute Gasteiger partial charge is 0.223 e. The van der Waals surface area contributed by atoms with Gasteiger partial charge in [0.2, 0.25) is 5.91 Å². The van der Waals surface area contributed by atoms with Crippen molar-refractivity contribution in [2.24, 2.45) is 5.92 Å². The minimum Gasteiger partial charge on any atom is -0.382 e. The van der Waals surface area contributed by atoms with Gasteiger partial charge >= 0.3 is 0 Å². The van der Waals surface area contributed by atoms with Crippen molar-refractivity contribution in [3.05, 3.63) is 18.3 Å². The van der Waals surface area contributed by atoms with Gasteiger partial charge in [-0.25, -0.2) is 13.4 Å². The van der Waals surface area contributed by atoms with Gasteiger partial charge in [0, 0.05) is 19.0 Å². The lowest BCUT2D eigenvalue weighted by Crippen LogP contribution is -2.30. The third-order valence-corrected chi connectivity index (χ3v) is 5.92. The zero-order chi connectivity index (χ0) is 16.4. The summed E-state index contributed by atoms with van der Waals surface area (Å²) in [4.78, 5) is 15.5. The summed E-state index contributed by atoms with van der Waals surface area (Å²) in [5.41, 5.74) is 0.730. The van der Waals surface area contributed by atoms with Gasteiger partial charge in [-0.15, -0.1) is 0 Å². The Balaban J connectivity index is 1.85. The summed E-state index contributed by atoms with van der Waals surface area (Å²) in [6.45, 7) is 6.07. The fraction of sp³-hybridized carbons (Fsp3) is 0.600. The summed E-state index contributed by atoms with van der Waals surface area (Å²) in [5, 5.41) is 6.03. The predicted molar refractivity (Wildman–Crippen MR) is 85.4 cm³/mol. The first-order valence-electron chi connectivity index (χ1n) is 7.44. The van der Waals surface area contributed by atoms with E-state index >= 15 is 0 Å². The fourth-order valence-electron chi connectivity index (χ4n) is 1.84. The van der Waals surface area contributed by atoms with Gasteiger partial charge < -0.3 is 10.6 Å². The molecule has 0 saturated heterocycles. The number of rotatable bonds is 6. The van der Waals surface area contributed by atoms with Crippen LogP contribution < -0.4 is 10.6 Å². The second kappa shape index (κ2) is 6.24. The molecule has 1 aliphatic rings. The summed E-state index contributed by atoms with van der Waals surface area (Å²) >= 11 is 0. The zero-order valence-electron chi connectivity index (χ0n) is 13.2. The van der Waals surface area contributed by atoms with E-state index in [2.05, 4.69) is 15.6 Å². The molecule has 0 unspecified atom stereocenters. The highest BCUT2D eigenvalue weighted by atomic mass is 32.2. The van der Waals surface area contributed by atoms with Crippen molar-refractivity contribution in [2.45, 2.75) is 43.4 Å². The maximum absolute atomic E-state index is 12.2. The van der Waals surface area contributed by atoms with Crippen molar-refractivity contribution < 1.29 is 13.2 Å². The SMILES string of the molecule is CC(C)(C)S(=O)(=O)c1ccc(NCCNC(=O)C2CC2)cn1. The van der Waals surface area contributed by atoms with Crippen molar-refractivity contribution in [3.63, 3.8) is 0 Å². The van der Waals surface area contributed by atoms with Crippen LogP contribution in [-0.2, 0) is 14.6 Å². The third kappa shape index (κ3) is 3.97. The van der Waals surface area contributed by atoms with Gasteiger partial charge in [-0.1, -0.05) is 0 Å².